The van der Waals surface area contributed by atoms with E-state index in [-0.39, 0.29) is 17.2 Å². The predicted octanol–water partition coefficient (Wildman–Crippen LogP) is 1.34. The van der Waals surface area contributed by atoms with Crippen molar-refractivity contribution in [3.8, 4) is 17.9 Å². The summed E-state index contributed by atoms with van der Waals surface area (Å²) < 4.78 is 0. The molecule has 6 nitrogen and oxygen atoms in total. The lowest BCUT2D eigenvalue weighted by molar-refractivity contribution is -0.384. The summed E-state index contributed by atoms with van der Waals surface area (Å²) in [5.41, 5.74) is 0.444. The number of nitro groups is 1. The molecule has 1 rings (SSSR count). The van der Waals surface area contributed by atoms with E-state index in [1.54, 1.807) is 0 Å². The minimum Gasteiger partial charge on any atom is -0.355 e. The summed E-state index contributed by atoms with van der Waals surface area (Å²) in [5.74, 6) is 5.37. The normalized spacial score (nSPS) is 8.84. The second-order valence-electron chi connectivity index (χ2n) is 3.67. The number of non-ortho nitro benzene ring substituents is 1. The molecule has 0 saturated carbocycles. The van der Waals surface area contributed by atoms with Crippen LogP contribution in [0, 0.1) is 33.3 Å². The molecule has 0 aliphatic rings. The highest BCUT2D eigenvalue weighted by atomic mass is 16.6. The summed E-state index contributed by atoms with van der Waals surface area (Å²) in [6.45, 7) is 1.83. The fourth-order valence-electron chi connectivity index (χ4n) is 1.32. The summed E-state index contributed by atoms with van der Waals surface area (Å²) in [4.78, 5) is 20.7. The molecule has 0 fully saturated rings. The summed E-state index contributed by atoms with van der Waals surface area (Å²) in [6, 6.07) is 5.84. The highest BCUT2D eigenvalue weighted by Crippen LogP contribution is 2.16. The molecule has 0 atom stereocenters. The van der Waals surface area contributed by atoms with Crippen molar-refractivity contribution >= 4 is 11.6 Å². The fraction of sp³-hybridized carbons (Fsp3) is 0.231. The Morgan fingerprint density at radius 1 is 1.42 bits per heavy atom. The van der Waals surface area contributed by atoms with Crippen LogP contribution in [-0.4, -0.2) is 17.4 Å². The standard InChI is InChI=1S/C13H11N3O3/c1-10(17)15-5-3-2-4-11-6-12(9-14)8-13(7-11)16(18)19/h6-8H,3,5H2,1H3,(H,15,17). The van der Waals surface area contributed by atoms with E-state index in [0.29, 0.717) is 18.5 Å². The topological polar surface area (TPSA) is 96.0 Å². The van der Waals surface area contributed by atoms with E-state index in [2.05, 4.69) is 17.2 Å². The van der Waals surface area contributed by atoms with E-state index in [9.17, 15) is 14.9 Å². The number of nitrogens with one attached hydrogen (secondary N) is 1. The molecule has 0 aliphatic carbocycles. The molecule has 0 bridgehead atoms. The van der Waals surface area contributed by atoms with Gasteiger partial charge in [0.2, 0.25) is 5.91 Å². The minimum absolute atomic E-state index is 0.135. The van der Waals surface area contributed by atoms with Crippen LogP contribution in [0.3, 0.4) is 0 Å². The number of carbonyl (C=O) groups excluding carboxylic acids is 1. The smallest absolute Gasteiger partial charge is 0.271 e. The number of nitro benzene ring substituents is 1. The first kappa shape index (κ1) is 14.2. The first-order valence-electron chi connectivity index (χ1n) is 5.46. The Bertz CT molecular complexity index is 606. The zero-order valence-corrected chi connectivity index (χ0v) is 10.3. The third-order valence-corrected chi connectivity index (χ3v) is 2.11. The van der Waals surface area contributed by atoms with Crippen molar-refractivity contribution in [1.82, 2.24) is 5.32 Å². The number of hydrogen-bond acceptors (Lipinski definition) is 4. The summed E-state index contributed by atoms with van der Waals surface area (Å²) >= 11 is 0. The molecule has 0 unspecified atom stereocenters. The zero-order chi connectivity index (χ0) is 14.3. The van der Waals surface area contributed by atoms with Crippen molar-refractivity contribution < 1.29 is 9.72 Å². The van der Waals surface area contributed by atoms with E-state index in [1.165, 1.54) is 25.1 Å². The van der Waals surface area contributed by atoms with E-state index in [1.807, 2.05) is 6.07 Å². The van der Waals surface area contributed by atoms with Crippen LogP contribution in [0.15, 0.2) is 18.2 Å². The van der Waals surface area contributed by atoms with Crippen molar-refractivity contribution in [2.24, 2.45) is 0 Å². The van der Waals surface area contributed by atoms with Crippen molar-refractivity contribution in [3.63, 3.8) is 0 Å². The lowest BCUT2D eigenvalue weighted by Crippen LogP contribution is -2.20. The Labute approximate surface area is 110 Å². The van der Waals surface area contributed by atoms with Gasteiger partial charge in [0.25, 0.3) is 5.69 Å². The largest absolute Gasteiger partial charge is 0.355 e. The molecule has 0 spiro atoms. The second kappa shape index (κ2) is 6.77. The zero-order valence-electron chi connectivity index (χ0n) is 10.3. The molecule has 19 heavy (non-hydrogen) atoms. The van der Waals surface area contributed by atoms with Crippen molar-refractivity contribution in [2.75, 3.05) is 6.54 Å². The monoisotopic (exact) mass is 257 g/mol. The van der Waals surface area contributed by atoms with Gasteiger partial charge in [0.05, 0.1) is 16.6 Å². The number of benzene rings is 1. The first-order valence-corrected chi connectivity index (χ1v) is 5.46. The minimum atomic E-state index is -0.566. The van der Waals surface area contributed by atoms with Gasteiger partial charge >= 0.3 is 0 Å². The van der Waals surface area contributed by atoms with Gasteiger partial charge in [-0.1, -0.05) is 11.8 Å². The Balaban J connectivity index is 2.81. The summed E-state index contributed by atoms with van der Waals surface area (Å²) in [5, 5.41) is 22.0. The first-order chi connectivity index (χ1) is 9.02. The maximum absolute atomic E-state index is 10.7. The van der Waals surface area contributed by atoms with Crippen LogP contribution in [0.1, 0.15) is 24.5 Å². The fourth-order valence-corrected chi connectivity index (χ4v) is 1.32. The van der Waals surface area contributed by atoms with Crippen molar-refractivity contribution in [2.45, 2.75) is 13.3 Å². The predicted molar refractivity (Wildman–Crippen MR) is 68.0 cm³/mol. The molecule has 0 radical (unpaired) electrons. The number of nitrogens with zero attached hydrogens (tertiary/aromatic N) is 2. The van der Waals surface area contributed by atoms with Crippen molar-refractivity contribution in [1.29, 1.82) is 5.26 Å². The van der Waals surface area contributed by atoms with Crippen LogP contribution in [0.5, 0.6) is 0 Å². The second-order valence-corrected chi connectivity index (χ2v) is 3.67. The molecule has 0 aliphatic heterocycles. The van der Waals surface area contributed by atoms with Gasteiger partial charge in [-0.25, -0.2) is 0 Å². The Morgan fingerprint density at radius 3 is 2.68 bits per heavy atom. The summed E-state index contributed by atoms with van der Waals surface area (Å²) in [6.07, 6.45) is 0.435. The molecular formula is C13H11N3O3. The molecule has 0 saturated heterocycles. The molecule has 1 aromatic carbocycles. The van der Waals surface area contributed by atoms with Gasteiger partial charge in [-0.05, 0) is 6.07 Å². The van der Waals surface area contributed by atoms with Crippen LogP contribution >= 0.6 is 0 Å². The maximum atomic E-state index is 10.7. The number of nitriles is 1. The van der Waals surface area contributed by atoms with Crippen LogP contribution < -0.4 is 5.32 Å². The summed E-state index contributed by atoms with van der Waals surface area (Å²) in [7, 11) is 0. The average Bonchev–Trinajstić information content (AvgIpc) is 2.37. The van der Waals surface area contributed by atoms with E-state index in [4.69, 9.17) is 5.26 Å². The molecule has 1 aromatic rings. The third kappa shape index (κ3) is 4.88. The molecule has 0 aromatic heterocycles. The van der Waals surface area contributed by atoms with Gasteiger partial charge < -0.3 is 5.32 Å². The number of hydrogen-bond donors (Lipinski definition) is 1. The molecular weight excluding hydrogens is 246 g/mol. The van der Waals surface area contributed by atoms with E-state index < -0.39 is 4.92 Å². The lowest BCUT2D eigenvalue weighted by Gasteiger charge is -1.96. The maximum Gasteiger partial charge on any atom is 0.271 e. The number of carbonyl (C=O) groups is 1. The number of rotatable bonds is 3. The van der Waals surface area contributed by atoms with Crippen LogP contribution in [0.25, 0.3) is 0 Å². The molecule has 0 heterocycles. The highest BCUT2D eigenvalue weighted by Gasteiger charge is 2.08. The number of amides is 1. The molecule has 1 N–H and O–H groups in total. The van der Waals surface area contributed by atoms with E-state index >= 15 is 0 Å². The van der Waals surface area contributed by atoms with Crippen LogP contribution in [0.4, 0.5) is 5.69 Å². The van der Waals surface area contributed by atoms with E-state index in [0.717, 1.165) is 0 Å². The third-order valence-electron chi connectivity index (χ3n) is 2.11. The lowest BCUT2D eigenvalue weighted by atomic mass is 10.1. The van der Waals surface area contributed by atoms with Crippen molar-refractivity contribution in [3.05, 3.63) is 39.4 Å². The Morgan fingerprint density at radius 2 is 2.11 bits per heavy atom. The SMILES string of the molecule is CC(=O)NCCC#Cc1cc(C#N)cc([N+](=O)[O-])c1. The van der Waals surface area contributed by atoms with Crippen LogP contribution in [-0.2, 0) is 4.79 Å². The van der Waals surface area contributed by atoms with Gasteiger partial charge in [-0.3, -0.25) is 14.9 Å². The van der Waals surface area contributed by atoms with Gasteiger partial charge in [0.1, 0.15) is 0 Å². The van der Waals surface area contributed by atoms with Gasteiger partial charge in [0.15, 0.2) is 0 Å². The quantitative estimate of drug-likeness (QED) is 0.382. The van der Waals surface area contributed by atoms with Gasteiger partial charge in [-0.15, -0.1) is 0 Å². The van der Waals surface area contributed by atoms with Crippen LogP contribution in [0.2, 0.25) is 0 Å². The Hall–Kier alpha value is -2.86. The Kier molecular flexibility index (Phi) is 5.06. The highest BCUT2D eigenvalue weighted by molar-refractivity contribution is 5.72. The molecule has 96 valence electrons. The van der Waals surface area contributed by atoms with Gasteiger partial charge in [0, 0.05) is 37.6 Å². The molecule has 6 heteroatoms. The average molecular weight is 257 g/mol. The van der Waals surface area contributed by atoms with Gasteiger partial charge in [-0.2, -0.15) is 5.26 Å². The molecule has 1 amide bonds.